The summed E-state index contributed by atoms with van der Waals surface area (Å²) in [4.78, 5) is 14.0. The van der Waals surface area contributed by atoms with E-state index in [0.29, 0.717) is 18.5 Å². The molecule has 0 spiro atoms. The molecule has 0 aromatic rings. The highest BCUT2D eigenvalue weighted by atomic mass is 16.1. The van der Waals surface area contributed by atoms with Crippen molar-refractivity contribution < 1.29 is 4.79 Å². The lowest BCUT2D eigenvalue weighted by atomic mass is 9.92. The Balaban J connectivity index is 1.52. The number of hydrogen-bond acceptors (Lipinski definition) is 3. The molecule has 0 bridgehead atoms. The van der Waals surface area contributed by atoms with Crippen LogP contribution in [0.1, 0.15) is 45.4 Å². The highest BCUT2D eigenvalue weighted by Crippen LogP contribution is 2.19. The van der Waals surface area contributed by atoms with E-state index in [4.69, 9.17) is 0 Å². The summed E-state index contributed by atoms with van der Waals surface area (Å²) in [7, 11) is 2.21. The van der Waals surface area contributed by atoms with Crippen LogP contribution in [-0.4, -0.2) is 49.6 Å². The molecule has 4 heteroatoms. The third-order valence-electron chi connectivity index (χ3n) is 4.36. The molecular formula is C15H29N3O. The Bertz CT molecular complexity index is 291. The number of nitrogens with zero attached hydrogens (tertiary/aromatic N) is 1. The van der Waals surface area contributed by atoms with Gasteiger partial charge in [0.15, 0.2) is 0 Å². The molecule has 1 amide bonds. The van der Waals surface area contributed by atoms with Crippen molar-refractivity contribution in [2.24, 2.45) is 5.92 Å². The Morgan fingerprint density at radius 1 is 1.37 bits per heavy atom. The molecular weight excluding hydrogens is 238 g/mol. The predicted octanol–water partition coefficient (Wildman–Crippen LogP) is 1.37. The van der Waals surface area contributed by atoms with Gasteiger partial charge in [-0.2, -0.15) is 0 Å². The lowest BCUT2D eigenvalue weighted by Gasteiger charge is -2.34. The van der Waals surface area contributed by atoms with E-state index >= 15 is 0 Å². The maximum absolute atomic E-state index is 11.5. The average Bonchev–Trinajstić information content (AvgIpc) is 3.18. The van der Waals surface area contributed by atoms with Crippen LogP contribution in [-0.2, 0) is 4.79 Å². The van der Waals surface area contributed by atoms with Crippen molar-refractivity contribution in [3.8, 4) is 0 Å². The second-order valence-corrected chi connectivity index (χ2v) is 6.35. The highest BCUT2D eigenvalue weighted by molar-refractivity contribution is 5.76. The van der Waals surface area contributed by atoms with E-state index in [9.17, 15) is 4.79 Å². The summed E-state index contributed by atoms with van der Waals surface area (Å²) in [6, 6.07) is 1.06. The van der Waals surface area contributed by atoms with E-state index in [1.54, 1.807) is 0 Å². The monoisotopic (exact) mass is 267 g/mol. The van der Waals surface area contributed by atoms with Gasteiger partial charge in [0.25, 0.3) is 0 Å². The Hall–Kier alpha value is -0.610. The molecule has 2 rings (SSSR count). The molecule has 0 aromatic carbocycles. The Morgan fingerprint density at radius 3 is 2.84 bits per heavy atom. The summed E-state index contributed by atoms with van der Waals surface area (Å²) in [5, 5.41) is 6.63. The molecule has 2 aliphatic rings. The van der Waals surface area contributed by atoms with Gasteiger partial charge in [0.05, 0.1) is 0 Å². The number of carbonyl (C=O) groups is 1. The molecule has 1 aliphatic heterocycles. The summed E-state index contributed by atoms with van der Waals surface area (Å²) < 4.78 is 0. The first-order valence-electron chi connectivity index (χ1n) is 7.86. The first-order chi connectivity index (χ1) is 9.15. The Labute approximate surface area is 117 Å². The van der Waals surface area contributed by atoms with Crippen LogP contribution in [0.4, 0.5) is 0 Å². The fraction of sp³-hybridized carbons (Fsp3) is 0.933. The molecule has 1 saturated heterocycles. The Kier molecular flexibility index (Phi) is 5.64. The molecule has 1 saturated carbocycles. The van der Waals surface area contributed by atoms with Crippen molar-refractivity contribution in [2.45, 2.75) is 57.5 Å². The first-order valence-corrected chi connectivity index (χ1v) is 7.86. The van der Waals surface area contributed by atoms with E-state index in [2.05, 4.69) is 29.5 Å². The van der Waals surface area contributed by atoms with Crippen molar-refractivity contribution in [3.63, 3.8) is 0 Å². The van der Waals surface area contributed by atoms with Gasteiger partial charge in [0.1, 0.15) is 0 Å². The lowest BCUT2D eigenvalue weighted by Crippen LogP contribution is -2.43. The minimum atomic E-state index is 0.231. The van der Waals surface area contributed by atoms with Crippen molar-refractivity contribution in [1.29, 1.82) is 0 Å². The fourth-order valence-corrected chi connectivity index (χ4v) is 2.89. The normalized spacial score (nSPS) is 26.1. The molecule has 110 valence electrons. The molecule has 2 unspecified atom stereocenters. The number of likely N-dealkylation sites (tertiary alicyclic amines) is 1. The minimum Gasteiger partial charge on any atom is -0.353 e. The summed E-state index contributed by atoms with van der Waals surface area (Å²) in [5.41, 5.74) is 0. The number of rotatable bonds is 7. The van der Waals surface area contributed by atoms with Crippen LogP contribution in [0, 0.1) is 5.92 Å². The summed E-state index contributed by atoms with van der Waals surface area (Å²) in [6.45, 7) is 5.69. The molecule has 0 aromatic heterocycles. The second-order valence-electron chi connectivity index (χ2n) is 6.35. The van der Waals surface area contributed by atoms with Crippen LogP contribution < -0.4 is 10.6 Å². The Morgan fingerprint density at radius 2 is 2.16 bits per heavy atom. The molecule has 1 aliphatic carbocycles. The fourth-order valence-electron chi connectivity index (χ4n) is 2.89. The van der Waals surface area contributed by atoms with Crippen LogP contribution in [0.5, 0.6) is 0 Å². The zero-order chi connectivity index (χ0) is 13.7. The quantitative estimate of drug-likeness (QED) is 0.685. The third-order valence-corrected chi connectivity index (χ3v) is 4.36. The van der Waals surface area contributed by atoms with Gasteiger partial charge < -0.3 is 15.5 Å². The van der Waals surface area contributed by atoms with E-state index in [1.807, 2.05) is 0 Å². The van der Waals surface area contributed by atoms with Crippen LogP contribution in [0.3, 0.4) is 0 Å². The van der Waals surface area contributed by atoms with Crippen molar-refractivity contribution in [2.75, 3.05) is 26.7 Å². The minimum absolute atomic E-state index is 0.231. The van der Waals surface area contributed by atoms with Gasteiger partial charge in [-0.05, 0) is 65.1 Å². The summed E-state index contributed by atoms with van der Waals surface area (Å²) in [6.07, 6.45) is 6.62. The highest BCUT2D eigenvalue weighted by Gasteiger charge is 2.23. The largest absolute Gasteiger partial charge is 0.353 e. The number of carbonyl (C=O) groups excluding carboxylic acids is 1. The molecule has 2 N–H and O–H groups in total. The smallest absolute Gasteiger partial charge is 0.220 e. The number of piperidine rings is 1. The van der Waals surface area contributed by atoms with E-state index in [1.165, 1.54) is 38.8 Å². The number of nitrogens with one attached hydrogen (secondary N) is 2. The van der Waals surface area contributed by atoms with Gasteiger partial charge >= 0.3 is 0 Å². The lowest BCUT2D eigenvalue weighted by molar-refractivity contribution is -0.121. The third kappa shape index (κ3) is 5.49. The van der Waals surface area contributed by atoms with Crippen LogP contribution in [0.15, 0.2) is 0 Å². The van der Waals surface area contributed by atoms with Gasteiger partial charge in [0, 0.05) is 25.0 Å². The summed E-state index contributed by atoms with van der Waals surface area (Å²) >= 11 is 0. The molecule has 4 nitrogen and oxygen atoms in total. The van der Waals surface area contributed by atoms with E-state index < -0.39 is 0 Å². The molecule has 2 fully saturated rings. The van der Waals surface area contributed by atoms with Gasteiger partial charge in [-0.25, -0.2) is 0 Å². The maximum Gasteiger partial charge on any atom is 0.220 e. The molecule has 2 atom stereocenters. The van der Waals surface area contributed by atoms with E-state index in [-0.39, 0.29) is 5.91 Å². The average molecular weight is 267 g/mol. The van der Waals surface area contributed by atoms with E-state index in [0.717, 1.165) is 18.9 Å². The first kappa shape index (κ1) is 14.8. The summed E-state index contributed by atoms with van der Waals surface area (Å²) in [5.74, 6) is 0.994. The van der Waals surface area contributed by atoms with Gasteiger partial charge in [0.2, 0.25) is 5.91 Å². The van der Waals surface area contributed by atoms with Crippen molar-refractivity contribution in [1.82, 2.24) is 15.5 Å². The number of amides is 1. The SMILES string of the molecule is CC(NCCCC(=O)NC1CC1)C1CCCN(C)C1. The van der Waals surface area contributed by atoms with Crippen molar-refractivity contribution in [3.05, 3.63) is 0 Å². The maximum atomic E-state index is 11.5. The van der Waals surface area contributed by atoms with Crippen LogP contribution in [0.2, 0.25) is 0 Å². The van der Waals surface area contributed by atoms with Crippen molar-refractivity contribution >= 4 is 5.91 Å². The topological polar surface area (TPSA) is 44.4 Å². The van der Waals surface area contributed by atoms with Crippen LogP contribution >= 0.6 is 0 Å². The molecule has 0 radical (unpaired) electrons. The number of hydrogen-bond donors (Lipinski definition) is 2. The van der Waals surface area contributed by atoms with Gasteiger partial charge in [-0.15, -0.1) is 0 Å². The molecule has 19 heavy (non-hydrogen) atoms. The van der Waals surface area contributed by atoms with Crippen LogP contribution in [0.25, 0.3) is 0 Å². The van der Waals surface area contributed by atoms with Gasteiger partial charge in [-0.3, -0.25) is 4.79 Å². The zero-order valence-electron chi connectivity index (χ0n) is 12.5. The molecule has 1 heterocycles. The standard InChI is InChI=1S/C15H29N3O/c1-12(13-5-4-10-18(2)11-13)16-9-3-6-15(19)17-14-7-8-14/h12-14,16H,3-11H2,1-2H3,(H,17,19). The van der Waals surface area contributed by atoms with Gasteiger partial charge in [-0.1, -0.05) is 0 Å². The second kappa shape index (κ2) is 7.25. The zero-order valence-corrected chi connectivity index (χ0v) is 12.5. The predicted molar refractivity (Wildman–Crippen MR) is 78.1 cm³/mol.